The Labute approximate surface area is 184 Å². The number of benzene rings is 1. The number of alkyl halides is 1. The molecule has 2 heteroatoms. The topological polar surface area (TPSA) is 9.23 Å². The fourth-order valence-electron chi connectivity index (χ4n) is 6.90. The Morgan fingerprint density at radius 2 is 1.60 bits per heavy atom. The van der Waals surface area contributed by atoms with Gasteiger partial charge in [0.2, 0.25) is 0 Å². The minimum atomic E-state index is -0.360. The van der Waals surface area contributed by atoms with E-state index in [1.165, 1.54) is 63.4 Å². The van der Waals surface area contributed by atoms with Crippen LogP contribution in [0.5, 0.6) is 0 Å². The van der Waals surface area contributed by atoms with Crippen LogP contribution >= 0.6 is 0 Å². The zero-order chi connectivity index (χ0) is 21.1. The molecule has 0 radical (unpaired) electrons. The van der Waals surface area contributed by atoms with E-state index in [4.69, 9.17) is 4.74 Å². The van der Waals surface area contributed by atoms with Crippen LogP contribution in [-0.2, 0) is 11.4 Å². The first-order chi connectivity index (χ1) is 14.6. The molecule has 7 unspecified atom stereocenters. The van der Waals surface area contributed by atoms with Crippen molar-refractivity contribution in [1.29, 1.82) is 0 Å². The lowest BCUT2D eigenvalue weighted by Crippen LogP contribution is -2.61. The minimum absolute atomic E-state index is 0.360. The van der Waals surface area contributed by atoms with E-state index >= 15 is 0 Å². The van der Waals surface area contributed by atoms with Gasteiger partial charge in [-0.3, -0.25) is 0 Å². The van der Waals surface area contributed by atoms with E-state index in [9.17, 15) is 4.39 Å². The third kappa shape index (κ3) is 4.64. The van der Waals surface area contributed by atoms with Gasteiger partial charge in [-0.05, 0) is 92.1 Å². The highest BCUT2D eigenvalue weighted by Crippen LogP contribution is 2.65. The maximum Gasteiger partial charge on any atom is 0.115 e. The van der Waals surface area contributed by atoms with Gasteiger partial charge in [-0.2, -0.15) is 0 Å². The van der Waals surface area contributed by atoms with E-state index in [1.54, 1.807) is 0 Å². The van der Waals surface area contributed by atoms with Crippen molar-refractivity contribution in [1.82, 2.24) is 0 Å². The van der Waals surface area contributed by atoms with Crippen molar-refractivity contribution in [3.63, 3.8) is 0 Å². The Kier molecular flexibility index (Phi) is 7.55. The van der Waals surface area contributed by atoms with E-state index in [0.717, 1.165) is 41.6 Å². The van der Waals surface area contributed by atoms with Crippen LogP contribution in [0.1, 0.15) is 102 Å². The number of hydrogen-bond donors (Lipinski definition) is 0. The first-order valence-corrected chi connectivity index (χ1v) is 12.9. The lowest BCUT2D eigenvalue weighted by molar-refractivity contribution is -0.221. The molecule has 4 fully saturated rings. The fourth-order valence-corrected chi connectivity index (χ4v) is 6.90. The summed E-state index contributed by atoms with van der Waals surface area (Å²) in [6, 6.07) is 7.76. The second-order valence-corrected chi connectivity index (χ2v) is 10.7. The van der Waals surface area contributed by atoms with Crippen molar-refractivity contribution in [3.8, 4) is 0 Å². The highest BCUT2D eigenvalue weighted by Gasteiger charge is 2.62. The smallest absolute Gasteiger partial charge is 0.115 e. The van der Waals surface area contributed by atoms with Gasteiger partial charge in [-0.1, -0.05) is 63.8 Å². The molecule has 4 aliphatic rings. The first-order valence-electron chi connectivity index (χ1n) is 12.9. The minimum Gasteiger partial charge on any atom is -0.375 e. The van der Waals surface area contributed by atoms with E-state index < -0.39 is 0 Å². The summed E-state index contributed by atoms with van der Waals surface area (Å²) in [4.78, 5) is 0. The van der Waals surface area contributed by atoms with Gasteiger partial charge in [0.05, 0.1) is 12.2 Å². The Morgan fingerprint density at radius 3 is 2.27 bits per heavy atom. The van der Waals surface area contributed by atoms with E-state index in [-0.39, 0.29) is 6.67 Å². The van der Waals surface area contributed by atoms with Crippen molar-refractivity contribution >= 4 is 0 Å². The maximum atomic E-state index is 12.1. The highest BCUT2D eigenvalue weighted by molar-refractivity contribution is 5.24. The van der Waals surface area contributed by atoms with Crippen LogP contribution in [-0.4, -0.2) is 12.2 Å². The zero-order valence-electron chi connectivity index (χ0n) is 19.5. The molecule has 0 aromatic heterocycles. The first kappa shape index (κ1) is 22.3. The molecule has 1 aromatic rings. The van der Waals surface area contributed by atoms with Gasteiger partial charge in [0, 0.05) is 0 Å². The van der Waals surface area contributed by atoms with Crippen molar-refractivity contribution in [2.24, 2.45) is 29.6 Å². The molecule has 30 heavy (non-hydrogen) atoms. The molecule has 0 N–H and O–H groups in total. The predicted molar refractivity (Wildman–Crippen MR) is 123 cm³/mol. The predicted octanol–water partition coefficient (Wildman–Crippen LogP) is 8.08. The molecule has 168 valence electrons. The van der Waals surface area contributed by atoms with Gasteiger partial charge in [-0.25, -0.2) is 4.39 Å². The van der Waals surface area contributed by atoms with Crippen LogP contribution in [0.4, 0.5) is 4.39 Å². The molecule has 0 aliphatic heterocycles. The second kappa shape index (κ2) is 10.2. The van der Waals surface area contributed by atoms with Crippen LogP contribution in [0.2, 0.25) is 0 Å². The summed E-state index contributed by atoms with van der Waals surface area (Å²) in [5.74, 6) is 5.73. The summed E-state index contributed by atoms with van der Waals surface area (Å²) >= 11 is 0. The molecule has 4 aliphatic carbocycles. The van der Waals surface area contributed by atoms with Crippen LogP contribution < -0.4 is 0 Å². The van der Waals surface area contributed by atoms with Gasteiger partial charge in [0.15, 0.2) is 0 Å². The summed E-state index contributed by atoms with van der Waals surface area (Å²) in [6.07, 6.45) is 15.5. The SMILES string of the molecule is CC(OC1CC2C3CCCC3C12)C1CCCCC1.CCC(C)c1ccc(CF)cc1. The Bertz CT molecular complexity index is 649. The molecule has 4 saturated carbocycles. The maximum absolute atomic E-state index is 12.1. The van der Waals surface area contributed by atoms with Gasteiger partial charge in [0.25, 0.3) is 0 Å². The average molecular weight is 415 g/mol. The molecule has 1 nitrogen and oxygen atoms in total. The lowest BCUT2D eigenvalue weighted by atomic mass is 9.46. The highest BCUT2D eigenvalue weighted by atomic mass is 19.1. The van der Waals surface area contributed by atoms with Gasteiger partial charge < -0.3 is 4.74 Å². The summed E-state index contributed by atoms with van der Waals surface area (Å²) in [6.45, 7) is 6.34. The summed E-state index contributed by atoms with van der Waals surface area (Å²) in [5, 5.41) is 0. The van der Waals surface area contributed by atoms with E-state index in [1.807, 2.05) is 24.3 Å². The van der Waals surface area contributed by atoms with Crippen LogP contribution in [0.3, 0.4) is 0 Å². The average Bonchev–Trinajstić information content (AvgIpc) is 3.19. The molecular formula is C28H43FO. The lowest BCUT2D eigenvalue weighted by Gasteiger charge is -2.62. The molecule has 0 bridgehead atoms. The molecule has 0 saturated heterocycles. The van der Waals surface area contributed by atoms with E-state index in [0.29, 0.717) is 18.1 Å². The van der Waals surface area contributed by atoms with Crippen molar-refractivity contribution in [2.45, 2.75) is 110 Å². The standard InChI is InChI=1S/C17H28O.C11H15F/c1-11(12-6-3-2-4-7-12)18-16-10-15-13-8-5-9-14(13)17(15)16;1-3-9(2)11-6-4-10(8-12)5-7-11/h11-17H,2-10H2,1H3;4-7,9H,3,8H2,1-2H3. The van der Waals surface area contributed by atoms with Crippen molar-refractivity contribution in [3.05, 3.63) is 35.4 Å². The molecule has 7 atom stereocenters. The Morgan fingerprint density at radius 1 is 0.900 bits per heavy atom. The Balaban J connectivity index is 0.000000159. The molecule has 0 amide bonds. The second-order valence-electron chi connectivity index (χ2n) is 10.7. The third-order valence-electron chi connectivity index (χ3n) is 9.12. The monoisotopic (exact) mass is 414 g/mol. The van der Waals surface area contributed by atoms with Gasteiger partial charge in [0.1, 0.15) is 6.67 Å². The summed E-state index contributed by atoms with van der Waals surface area (Å²) in [7, 11) is 0. The summed E-state index contributed by atoms with van der Waals surface area (Å²) in [5.41, 5.74) is 2.07. The van der Waals surface area contributed by atoms with Crippen molar-refractivity contribution < 1.29 is 9.13 Å². The number of hydrogen-bond acceptors (Lipinski definition) is 1. The molecule has 1 aromatic carbocycles. The Hall–Kier alpha value is -0.890. The fraction of sp³-hybridized carbons (Fsp3) is 0.786. The molecular weight excluding hydrogens is 371 g/mol. The third-order valence-corrected chi connectivity index (χ3v) is 9.12. The quantitative estimate of drug-likeness (QED) is 0.457. The largest absolute Gasteiger partial charge is 0.375 e. The normalized spacial score (nSPS) is 34.5. The number of ether oxygens (including phenoxy) is 1. The molecule has 0 heterocycles. The van der Waals surface area contributed by atoms with Crippen molar-refractivity contribution in [2.75, 3.05) is 0 Å². The molecule has 5 rings (SSSR count). The number of fused-ring (bicyclic) bond motifs is 4. The summed E-state index contributed by atoms with van der Waals surface area (Å²) < 4.78 is 18.6. The van der Waals surface area contributed by atoms with Gasteiger partial charge in [-0.15, -0.1) is 0 Å². The van der Waals surface area contributed by atoms with E-state index in [2.05, 4.69) is 20.8 Å². The van der Waals surface area contributed by atoms with Crippen LogP contribution in [0, 0.1) is 29.6 Å². The van der Waals surface area contributed by atoms with Crippen LogP contribution in [0.25, 0.3) is 0 Å². The van der Waals surface area contributed by atoms with Gasteiger partial charge >= 0.3 is 0 Å². The number of rotatable bonds is 6. The number of halogens is 1. The van der Waals surface area contributed by atoms with Crippen LogP contribution in [0.15, 0.2) is 24.3 Å². The zero-order valence-corrected chi connectivity index (χ0v) is 19.5. The molecule has 0 spiro atoms.